The first-order chi connectivity index (χ1) is 12.8. The van der Waals surface area contributed by atoms with Crippen LogP contribution in [0.15, 0.2) is 83.2 Å². The van der Waals surface area contributed by atoms with Crippen molar-refractivity contribution in [1.29, 1.82) is 0 Å². The molecule has 2 heterocycles. The first kappa shape index (κ1) is 16.6. The Morgan fingerprint density at radius 1 is 1.00 bits per heavy atom. The van der Waals surface area contributed by atoms with Crippen LogP contribution in [0.1, 0.15) is 17.5 Å². The Hall–Kier alpha value is -2.91. The Morgan fingerprint density at radius 2 is 1.81 bits per heavy atom. The van der Waals surface area contributed by atoms with E-state index >= 15 is 0 Å². The van der Waals surface area contributed by atoms with Crippen molar-refractivity contribution >= 4 is 17.0 Å². The molecule has 0 amide bonds. The van der Waals surface area contributed by atoms with E-state index in [0.717, 1.165) is 36.0 Å². The Kier molecular flexibility index (Phi) is 4.80. The highest BCUT2D eigenvalue weighted by atomic mass is 16.1. The lowest BCUT2D eigenvalue weighted by atomic mass is 10.1. The first-order valence-corrected chi connectivity index (χ1v) is 9.03. The third kappa shape index (κ3) is 3.84. The second-order valence-electron chi connectivity index (χ2n) is 6.72. The summed E-state index contributed by atoms with van der Waals surface area (Å²) >= 11 is 0. The summed E-state index contributed by atoms with van der Waals surface area (Å²) in [5, 5.41) is 1.08. The number of aromatic amines is 1. The van der Waals surface area contributed by atoms with Crippen LogP contribution in [-0.4, -0.2) is 23.0 Å². The van der Waals surface area contributed by atoms with E-state index in [1.54, 1.807) is 0 Å². The molecule has 1 aliphatic rings. The van der Waals surface area contributed by atoms with Gasteiger partial charge in [0, 0.05) is 30.7 Å². The van der Waals surface area contributed by atoms with E-state index < -0.39 is 0 Å². The Morgan fingerprint density at radius 3 is 2.62 bits per heavy atom. The number of benzene rings is 2. The summed E-state index contributed by atoms with van der Waals surface area (Å²) < 4.78 is 0. The minimum atomic E-state index is 0.0162. The fraction of sp³-hybridized carbons (Fsp3) is 0.174. The quantitative estimate of drug-likeness (QED) is 0.764. The second kappa shape index (κ2) is 7.54. The monoisotopic (exact) mass is 342 g/mol. The minimum absolute atomic E-state index is 0.0162. The number of rotatable bonds is 4. The molecule has 0 radical (unpaired) electrons. The van der Waals surface area contributed by atoms with Gasteiger partial charge in [0.2, 0.25) is 0 Å². The lowest BCUT2D eigenvalue weighted by molar-refractivity contribution is 0.286. The molecule has 3 heteroatoms. The van der Waals surface area contributed by atoms with Gasteiger partial charge in [0.25, 0.3) is 5.56 Å². The van der Waals surface area contributed by atoms with E-state index in [1.165, 1.54) is 11.1 Å². The van der Waals surface area contributed by atoms with E-state index in [-0.39, 0.29) is 5.56 Å². The number of H-pyrrole nitrogens is 1. The molecule has 130 valence electrons. The van der Waals surface area contributed by atoms with Crippen LogP contribution in [0.3, 0.4) is 0 Å². The van der Waals surface area contributed by atoms with Crippen LogP contribution in [0.2, 0.25) is 0 Å². The van der Waals surface area contributed by atoms with Crippen molar-refractivity contribution in [2.45, 2.75) is 13.0 Å². The Balaban J connectivity index is 1.43. The van der Waals surface area contributed by atoms with Crippen molar-refractivity contribution in [3.8, 4) is 0 Å². The predicted octanol–water partition coefficient (Wildman–Crippen LogP) is 4.37. The number of fused-ring (bicyclic) bond motifs is 1. The largest absolute Gasteiger partial charge is 0.322 e. The summed E-state index contributed by atoms with van der Waals surface area (Å²) in [4.78, 5) is 17.6. The average Bonchev–Trinajstić information content (AvgIpc) is 2.69. The topological polar surface area (TPSA) is 36.1 Å². The summed E-state index contributed by atoms with van der Waals surface area (Å²) in [6, 6.07) is 20.3. The van der Waals surface area contributed by atoms with Crippen LogP contribution in [0.25, 0.3) is 17.0 Å². The van der Waals surface area contributed by atoms with Gasteiger partial charge in [-0.25, -0.2) is 0 Å². The van der Waals surface area contributed by atoms with Crippen molar-refractivity contribution in [2.75, 3.05) is 13.1 Å². The van der Waals surface area contributed by atoms with E-state index in [0.29, 0.717) is 6.54 Å². The lowest BCUT2D eigenvalue weighted by Gasteiger charge is -2.25. The molecule has 0 saturated heterocycles. The molecule has 26 heavy (non-hydrogen) atoms. The molecule has 0 aliphatic carbocycles. The van der Waals surface area contributed by atoms with Crippen molar-refractivity contribution in [2.24, 2.45) is 0 Å². The summed E-state index contributed by atoms with van der Waals surface area (Å²) in [5.74, 6) is 0. The van der Waals surface area contributed by atoms with Crippen LogP contribution >= 0.6 is 0 Å². The number of aromatic nitrogens is 1. The van der Waals surface area contributed by atoms with E-state index in [2.05, 4.69) is 52.4 Å². The third-order valence-corrected chi connectivity index (χ3v) is 4.84. The fourth-order valence-electron chi connectivity index (χ4n) is 3.34. The predicted molar refractivity (Wildman–Crippen MR) is 108 cm³/mol. The molecular formula is C23H22N2O. The van der Waals surface area contributed by atoms with Crippen LogP contribution in [0, 0.1) is 0 Å². The van der Waals surface area contributed by atoms with Gasteiger partial charge in [-0.15, -0.1) is 0 Å². The minimum Gasteiger partial charge on any atom is -0.322 e. The molecule has 1 aromatic heterocycles. The van der Waals surface area contributed by atoms with Gasteiger partial charge in [-0.3, -0.25) is 9.69 Å². The third-order valence-electron chi connectivity index (χ3n) is 4.84. The molecule has 0 saturated carbocycles. The van der Waals surface area contributed by atoms with Crippen molar-refractivity contribution in [1.82, 2.24) is 9.88 Å². The van der Waals surface area contributed by atoms with Crippen molar-refractivity contribution in [3.05, 3.63) is 99.9 Å². The smallest absolute Gasteiger partial charge is 0.252 e. The van der Waals surface area contributed by atoms with Gasteiger partial charge in [-0.2, -0.15) is 0 Å². The summed E-state index contributed by atoms with van der Waals surface area (Å²) in [6.07, 6.45) is 7.64. The van der Waals surface area contributed by atoms with Gasteiger partial charge in [0.05, 0.1) is 0 Å². The first-order valence-electron chi connectivity index (χ1n) is 9.03. The zero-order valence-corrected chi connectivity index (χ0v) is 14.7. The normalized spacial score (nSPS) is 15.5. The summed E-state index contributed by atoms with van der Waals surface area (Å²) in [6.45, 7) is 2.53. The Bertz CT molecular complexity index is 1020. The summed E-state index contributed by atoms with van der Waals surface area (Å²) in [5.41, 5.74) is 4.33. The van der Waals surface area contributed by atoms with Crippen LogP contribution in [0.5, 0.6) is 0 Å². The molecular weight excluding hydrogens is 320 g/mol. The molecule has 0 unspecified atom stereocenters. The van der Waals surface area contributed by atoms with Crippen LogP contribution < -0.4 is 5.56 Å². The van der Waals surface area contributed by atoms with E-state index in [9.17, 15) is 4.79 Å². The zero-order valence-electron chi connectivity index (χ0n) is 14.7. The van der Waals surface area contributed by atoms with E-state index in [4.69, 9.17) is 0 Å². The maximum atomic E-state index is 12.3. The van der Waals surface area contributed by atoms with Crippen LogP contribution in [-0.2, 0) is 6.54 Å². The van der Waals surface area contributed by atoms with Crippen molar-refractivity contribution < 1.29 is 0 Å². The standard InChI is InChI=1S/C23H22N2O/c26-23-21(16-20-8-4-5-9-22(20)24-23)17-25-14-12-19(13-15-25)11-10-18-6-2-1-3-7-18/h1-12,16H,13-15,17H2,(H,24,26)/b11-10+. The second-order valence-corrected chi connectivity index (χ2v) is 6.72. The Labute approximate surface area is 153 Å². The molecule has 1 aliphatic heterocycles. The molecule has 0 fully saturated rings. The highest BCUT2D eigenvalue weighted by molar-refractivity contribution is 5.78. The highest BCUT2D eigenvalue weighted by Crippen LogP contribution is 2.17. The van der Waals surface area contributed by atoms with Gasteiger partial charge < -0.3 is 4.98 Å². The SMILES string of the molecule is O=c1[nH]c2ccccc2cc1CN1CC=C(/C=C/c2ccccc2)CC1. The molecule has 0 spiro atoms. The number of hydrogen-bond acceptors (Lipinski definition) is 2. The average molecular weight is 342 g/mol. The van der Waals surface area contributed by atoms with Gasteiger partial charge >= 0.3 is 0 Å². The van der Waals surface area contributed by atoms with Gasteiger partial charge in [-0.1, -0.05) is 66.8 Å². The summed E-state index contributed by atoms with van der Waals surface area (Å²) in [7, 11) is 0. The van der Waals surface area contributed by atoms with Gasteiger partial charge in [-0.05, 0) is 35.1 Å². The maximum Gasteiger partial charge on any atom is 0.252 e. The molecule has 3 aromatic rings. The molecule has 2 aromatic carbocycles. The fourth-order valence-corrected chi connectivity index (χ4v) is 3.34. The van der Waals surface area contributed by atoms with Crippen LogP contribution in [0.4, 0.5) is 0 Å². The number of pyridine rings is 1. The van der Waals surface area contributed by atoms with Gasteiger partial charge in [0.1, 0.15) is 0 Å². The molecule has 0 atom stereocenters. The molecule has 0 bridgehead atoms. The van der Waals surface area contributed by atoms with E-state index in [1.807, 2.05) is 36.4 Å². The maximum absolute atomic E-state index is 12.3. The number of para-hydroxylation sites is 1. The lowest BCUT2D eigenvalue weighted by Crippen LogP contribution is -2.30. The molecule has 1 N–H and O–H groups in total. The van der Waals surface area contributed by atoms with Crippen molar-refractivity contribution in [3.63, 3.8) is 0 Å². The number of nitrogens with one attached hydrogen (secondary N) is 1. The highest BCUT2D eigenvalue weighted by Gasteiger charge is 2.13. The number of nitrogens with zero attached hydrogens (tertiary/aromatic N) is 1. The van der Waals surface area contributed by atoms with Gasteiger partial charge in [0.15, 0.2) is 0 Å². The molecule has 4 rings (SSSR count). The number of allylic oxidation sites excluding steroid dienone is 1. The molecule has 3 nitrogen and oxygen atoms in total. The number of hydrogen-bond donors (Lipinski definition) is 1. The zero-order chi connectivity index (χ0) is 17.8.